The van der Waals surface area contributed by atoms with Crippen LogP contribution < -0.4 is 5.32 Å². The maximum atomic E-state index is 11.8. The Kier molecular flexibility index (Phi) is 6.06. The first-order chi connectivity index (χ1) is 8.63. The van der Waals surface area contributed by atoms with Crippen LogP contribution in [0.2, 0.25) is 0 Å². The Morgan fingerprint density at radius 2 is 2.28 bits per heavy atom. The van der Waals surface area contributed by atoms with Crippen molar-refractivity contribution in [2.75, 3.05) is 19.6 Å². The van der Waals surface area contributed by atoms with E-state index in [2.05, 4.69) is 17.2 Å². The SMILES string of the molecule is CC#CCCNC(=O)N1CCCC(CC(=O)O)C1. The Labute approximate surface area is 108 Å². The maximum Gasteiger partial charge on any atom is 0.317 e. The lowest BCUT2D eigenvalue weighted by molar-refractivity contribution is -0.138. The summed E-state index contributed by atoms with van der Waals surface area (Å²) in [6.07, 6.45) is 2.55. The van der Waals surface area contributed by atoms with Gasteiger partial charge >= 0.3 is 12.0 Å². The number of carboxylic acids is 1. The van der Waals surface area contributed by atoms with Gasteiger partial charge in [0.15, 0.2) is 0 Å². The van der Waals surface area contributed by atoms with Crippen molar-refractivity contribution in [3.63, 3.8) is 0 Å². The number of amides is 2. The molecule has 5 nitrogen and oxygen atoms in total. The highest BCUT2D eigenvalue weighted by Gasteiger charge is 2.24. The molecule has 2 N–H and O–H groups in total. The van der Waals surface area contributed by atoms with Crippen LogP contribution in [-0.4, -0.2) is 41.6 Å². The number of hydrogen-bond acceptors (Lipinski definition) is 2. The number of nitrogens with one attached hydrogen (secondary N) is 1. The van der Waals surface area contributed by atoms with Gasteiger partial charge in [-0.1, -0.05) is 0 Å². The first kappa shape index (κ1) is 14.4. The third-order valence-electron chi connectivity index (χ3n) is 2.97. The minimum Gasteiger partial charge on any atom is -0.481 e. The van der Waals surface area contributed by atoms with Crippen LogP contribution in [-0.2, 0) is 4.79 Å². The lowest BCUT2D eigenvalue weighted by Crippen LogP contribution is -2.46. The molecule has 0 aliphatic carbocycles. The number of likely N-dealkylation sites (tertiary alicyclic amines) is 1. The molecule has 1 aliphatic heterocycles. The molecule has 2 amide bonds. The van der Waals surface area contributed by atoms with E-state index in [-0.39, 0.29) is 18.4 Å². The predicted octanol–water partition coefficient (Wildman–Crippen LogP) is 1.30. The average molecular weight is 252 g/mol. The molecule has 0 aromatic heterocycles. The van der Waals surface area contributed by atoms with E-state index >= 15 is 0 Å². The maximum absolute atomic E-state index is 11.8. The van der Waals surface area contributed by atoms with Crippen LogP contribution in [0.5, 0.6) is 0 Å². The second-order valence-electron chi connectivity index (χ2n) is 4.46. The first-order valence-electron chi connectivity index (χ1n) is 6.27. The topological polar surface area (TPSA) is 69.6 Å². The summed E-state index contributed by atoms with van der Waals surface area (Å²) in [6, 6.07) is -0.108. The van der Waals surface area contributed by atoms with Gasteiger partial charge in [0.1, 0.15) is 0 Å². The fourth-order valence-corrected chi connectivity index (χ4v) is 2.13. The van der Waals surface area contributed by atoms with Crippen molar-refractivity contribution < 1.29 is 14.7 Å². The van der Waals surface area contributed by atoms with Crippen LogP contribution in [0.25, 0.3) is 0 Å². The van der Waals surface area contributed by atoms with Crippen LogP contribution >= 0.6 is 0 Å². The molecule has 0 radical (unpaired) electrons. The number of rotatable bonds is 4. The molecule has 0 bridgehead atoms. The van der Waals surface area contributed by atoms with Crippen molar-refractivity contribution in [2.24, 2.45) is 5.92 Å². The molecule has 0 spiro atoms. The van der Waals surface area contributed by atoms with E-state index in [4.69, 9.17) is 5.11 Å². The van der Waals surface area contributed by atoms with E-state index in [1.54, 1.807) is 11.8 Å². The van der Waals surface area contributed by atoms with E-state index in [0.717, 1.165) is 12.8 Å². The number of hydrogen-bond donors (Lipinski definition) is 2. The highest BCUT2D eigenvalue weighted by atomic mass is 16.4. The third kappa shape index (κ3) is 5.09. The van der Waals surface area contributed by atoms with E-state index in [0.29, 0.717) is 26.1 Å². The summed E-state index contributed by atoms with van der Waals surface area (Å²) in [7, 11) is 0. The van der Waals surface area contributed by atoms with Crippen molar-refractivity contribution in [2.45, 2.75) is 32.6 Å². The Hall–Kier alpha value is -1.70. The number of nitrogens with zero attached hydrogens (tertiary/aromatic N) is 1. The molecular weight excluding hydrogens is 232 g/mol. The molecule has 0 saturated carbocycles. The van der Waals surface area contributed by atoms with Crippen molar-refractivity contribution in [3.05, 3.63) is 0 Å². The van der Waals surface area contributed by atoms with Gasteiger partial charge in [0.05, 0.1) is 0 Å². The minimum atomic E-state index is -0.791. The summed E-state index contributed by atoms with van der Waals surface area (Å²) in [5.74, 6) is 4.94. The smallest absolute Gasteiger partial charge is 0.317 e. The number of carbonyl (C=O) groups is 2. The molecule has 5 heteroatoms. The Morgan fingerprint density at radius 3 is 2.94 bits per heavy atom. The fraction of sp³-hybridized carbons (Fsp3) is 0.692. The van der Waals surface area contributed by atoms with Crippen LogP contribution in [0.1, 0.15) is 32.6 Å². The second-order valence-corrected chi connectivity index (χ2v) is 4.46. The molecule has 0 aromatic carbocycles. The van der Waals surface area contributed by atoms with Gasteiger partial charge in [-0.2, -0.15) is 0 Å². The van der Waals surface area contributed by atoms with Gasteiger partial charge in [-0.25, -0.2) is 4.79 Å². The Morgan fingerprint density at radius 1 is 1.50 bits per heavy atom. The second kappa shape index (κ2) is 7.59. The van der Waals surface area contributed by atoms with Crippen LogP contribution in [0.15, 0.2) is 0 Å². The molecular formula is C13H20N2O3. The third-order valence-corrected chi connectivity index (χ3v) is 2.97. The van der Waals surface area contributed by atoms with Gasteiger partial charge < -0.3 is 15.3 Å². The molecule has 1 fully saturated rings. The van der Waals surface area contributed by atoms with Gasteiger partial charge in [-0.3, -0.25) is 4.79 Å². The Balaban J connectivity index is 2.32. The molecule has 18 heavy (non-hydrogen) atoms. The van der Waals surface area contributed by atoms with Gasteiger partial charge in [-0.05, 0) is 25.7 Å². The van der Waals surface area contributed by atoms with E-state index in [1.807, 2.05) is 0 Å². The van der Waals surface area contributed by atoms with Gasteiger partial charge in [0, 0.05) is 32.5 Å². The highest BCUT2D eigenvalue weighted by Crippen LogP contribution is 2.19. The van der Waals surface area contributed by atoms with Crippen molar-refractivity contribution in [1.29, 1.82) is 0 Å². The summed E-state index contributed by atoms with van der Waals surface area (Å²) in [4.78, 5) is 24.2. The Bertz CT molecular complexity index is 357. The summed E-state index contributed by atoms with van der Waals surface area (Å²) >= 11 is 0. The lowest BCUT2D eigenvalue weighted by atomic mass is 9.95. The zero-order valence-corrected chi connectivity index (χ0v) is 10.7. The molecule has 1 rings (SSSR count). The largest absolute Gasteiger partial charge is 0.481 e. The summed E-state index contributed by atoms with van der Waals surface area (Å²) < 4.78 is 0. The number of piperidine rings is 1. The quantitative estimate of drug-likeness (QED) is 0.585. The standard InChI is InChI=1S/C13H20N2O3/c1-2-3-4-7-14-13(18)15-8-5-6-11(10-15)9-12(16)17/h11H,4-10H2,1H3,(H,14,18)(H,16,17). The van der Waals surface area contributed by atoms with Gasteiger partial charge in [0.25, 0.3) is 0 Å². The molecule has 1 aliphatic rings. The number of carboxylic acid groups (broad SMARTS) is 1. The van der Waals surface area contributed by atoms with E-state index < -0.39 is 5.97 Å². The van der Waals surface area contributed by atoms with Gasteiger partial charge in [0.2, 0.25) is 0 Å². The normalized spacial score (nSPS) is 18.7. The lowest BCUT2D eigenvalue weighted by Gasteiger charge is -2.32. The van der Waals surface area contributed by atoms with Crippen LogP contribution in [0.4, 0.5) is 4.79 Å². The number of urea groups is 1. The van der Waals surface area contributed by atoms with Gasteiger partial charge in [-0.15, -0.1) is 11.8 Å². The van der Waals surface area contributed by atoms with Crippen molar-refractivity contribution in [1.82, 2.24) is 10.2 Å². The highest BCUT2D eigenvalue weighted by molar-refractivity contribution is 5.74. The van der Waals surface area contributed by atoms with E-state index in [9.17, 15) is 9.59 Å². The first-order valence-corrected chi connectivity index (χ1v) is 6.27. The zero-order valence-electron chi connectivity index (χ0n) is 10.7. The molecule has 1 heterocycles. The summed E-state index contributed by atoms with van der Waals surface area (Å²) in [5, 5.41) is 11.6. The van der Waals surface area contributed by atoms with Crippen LogP contribution in [0.3, 0.4) is 0 Å². The monoisotopic (exact) mass is 252 g/mol. The average Bonchev–Trinajstić information content (AvgIpc) is 2.34. The fourth-order valence-electron chi connectivity index (χ4n) is 2.13. The summed E-state index contributed by atoms with van der Waals surface area (Å²) in [5.41, 5.74) is 0. The number of aliphatic carboxylic acids is 1. The van der Waals surface area contributed by atoms with Crippen LogP contribution in [0, 0.1) is 17.8 Å². The summed E-state index contributed by atoms with van der Waals surface area (Å²) in [6.45, 7) is 3.56. The molecule has 0 aromatic rings. The molecule has 1 saturated heterocycles. The minimum absolute atomic E-state index is 0.0810. The van der Waals surface area contributed by atoms with Crippen molar-refractivity contribution in [3.8, 4) is 11.8 Å². The molecule has 100 valence electrons. The predicted molar refractivity (Wildman–Crippen MR) is 68.0 cm³/mol. The number of carbonyl (C=O) groups excluding carboxylic acids is 1. The van der Waals surface area contributed by atoms with Crippen molar-refractivity contribution >= 4 is 12.0 Å². The van der Waals surface area contributed by atoms with E-state index in [1.165, 1.54) is 0 Å². The molecule has 1 unspecified atom stereocenters. The zero-order chi connectivity index (χ0) is 13.4. The molecule has 1 atom stereocenters.